The van der Waals surface area contributed by atoms with Crippen LogP contribution in [0.25, 0.3) is 0 Å². The van der Waals surface area contributed by atoms with Gasteiger partial charge in [-0.2, -0.15) is 0 Å². The second-order valence-corrected chi connectivity index (χ2v) is 11.4. The second-order valence-electron chi connectivity index (χ2n) is 7.13. The Morgan fingerprint density at radius 3 is 2.03 bits per heavy atom. The second kappa shape index (κ2) is 7.90. The first-order chi connectivity index (χ1) is 14.5. The van der Waals surface area contributed by atoms with Crippen LogP contribution in [-0.2, 0) is 9.84 Å². The maximum atomic E-state index is 13.0. The Balaban J connectivity index is 1.48. The van der Waals surface area contributed by atoms with Crippen molar-refractivity contribution in [1.82, 2.24) is 0 Å². The minimum atomic E-state index is -3.51. The minimum absolute atomic E-state index is 0.0591. The molecular formula is C24H18INO2S2. The highest BCUT2D eigenvalue weighted by atomic mass is 127. The third kappa shape index (κ3) is 3.50. The highest BCUT2D eigenvalue weighted by Crippen LogP contribution is 2.49. The van der Waals surface area contributed by atoms with Crippen molar-refractivity contribution in [2.45, 2.75) is 27.1 Å². The maximum absolute atomic E-state index is 13.0. The van der Waals surface area contributed by atoms with Gasteiger partial charge < -0.3 is 4.90 Å². The van der Waals surface area contributed by atoms with E-state index in [1.165, 1.54) is 9.79 Å². The van der Waals surface area contributed by atoms with E-state index in [2.05, 4.69) is 76.0 Å². The van der Waals surface area contributed by atoms with Gasteiger partial charge in [0, 0.05) is 13.4 Å². The molecule has 0 fully saturated rings. The van der Waals surface area contributed by atoms with E-state index >= 15 is 0 Å². The van der Waals surface area contributed by atoms with Crippen LogP contribution in [0.5, 0.6) is 0 Å². The van der Waals surface area contributed by atoms with Crippen molar-refractivity contribution in [3.05, 3.63) is 99.5 Å². The topological polar surface area (TPSA) is 37.4 Å². The van der Waals surface area contributed by atoms with Crippen LogP contribution in [0.3, 0.4) is 0 Å². The molecule has 0 saturated carbocycles. The molecule has 6 heteroatoms. The Bertz CT molecular complexity index is 1240. The summed E-state index contributed by atoms with van der Waals surface area (Å²) >= 11 is 3.95. The summed E-state index contributed by atoms with van der Waals surface area (Å²) in [6, 6.07) is 23.8. The predicted octanol–water partition coefficient (Wildman–Crippen LogP) is 6.58. The number of sulfone groups is 1. The van der Waals surface area contributed by atoms with Gasteiger partial charge in [-0.1, -0.05) is 48.2 Å². The third-order valence-corrected chi connectivity index (χ3v) is 8.94. The fraction of sp³-hybridized carbons (Fsp3) is 0.0833. The molecule has 0 spiro atoms. The normalized spacial score (nSPS) is 17.8. The quantitative estimate of drug-likeness (QED) is 0.350. The monoisotopic (exact) mass is 543 g/mol. The number of allylic oxidation sites excluding steroid dienone is 1. The van der Waals surface area contributed by atoms with Gasteiger partial charge in [-0.15, -0.1) is 0 Å². The van der Waals surface area contributed by atoms with E-state index in [4.69, 9.17) is 0 Å². The van der Waals surface area contributed by atoms with Crippen LogP contribution in [-0.4, -0.2) is 14.5 Å². The average Bonchev–Trinajstić information content (AvgIpc) is 2.78. The zero-order chi connectivity index (χ0) is 20.7. The number of rotatable bonds is 3. The van der Waals surface area contributed by atoms with E-state index in [0.717, 1.165) is 14.9 Å². The van der Waals surface area contributed by atoms with Gasteiger partial charge >= 0.3 is 0 Å². The molecule has 5 rings (SSSR count). The zero-order valence-corrected chi connectivity index (χ0v) is 19.7. The number of anilines is 2. The standard InChI is InChI=1S/C24H18INO2S2/c25-17-9-13-19(14-10-17)30(27,28)20-15-11-18(12-16-20)26-21-5-1-3-7-23(21)29-24-8-4-2-6-22(24)26/h1-11,13-16,18H,12H2. The molecule has 0 N–H and O–H groups in total. The van der Waals surface area contributed by atoms with Crippen molar-refractivity contribution >= 4 is 55.6 Å². The summed E-state index contributed by atoms with van der Waals surface area (Å²) in [6.07, 6.45) is 6.26. The molecule has 0 amide bonds. The summed E-state index contributed by atoms with van der Waals surface area (Å²) in [6.45, 7) is 0. The van der Waals surface area contributed by atoms with Crippen LogP contribution >= 0.6 is 34.4 Å². The molecule has 1 aliphatic carbocycles. The summed E-state index contributed by atoms with van der Waals surface area (Å²) < 4.78 is 27.1. The number of benzene rings is 3. The van der Waals surface area contributed by atoms with E-state index in [1.54, 1.807) is 30.0 Å². The lowest BCUT2D eigenvalue weighted by atomic mass is 10.0. The van der Waals surface area contributed by atoms with Gasteiger partial charge in [-0.3, -0.25) is 0 Å². The lowest BCUT2D eigenvalue weighted by Gasteiger charge is -2.38. The van der Waals surface area contributed by atoms with Gasteiger partial charge in [-0.25, -0.2) is 8.42 Å². The summed E-state index contributed by atoms with van der Waals surface area (Å²) in [5.74, 6) is 0. The highest BCUT2D eigenvalue weighted by molar-refractivity contribution is 14.1. The molecule has 1 heterocycles. The number of halogens is 1. The molecule has 1 unspecified atom stereocenters. The highest BCUT2D eigenvalue weighted by Gasteiger charge is 2.30. The van der Waals surface area contributed by atoms with Gasteiger partial charge in [0.25, 0.3) is 0 Å². The SMILES string of the molecule is O=S(=O)(C1=CCC(N2c3ccccc3Sc3ccccc32)C=C1)c1ccc(I)cc1. The maximum Gasteiger partial charge on any atom is 0.206 e. The van der Waals surface area contributed by atoms with Crippen LogP contribution in [0.4, 0.5) is 11.4 Å². The Hall–Kier alpha value is -2.03. The van der Waals surface area contributed by atoms with Crippen molar-refractivity contribution in [3.8, 4) is 0 Å². The van der Waals surface area contributed by atoms with Gasteiger partial charge in [0.2, 0.25) is 9.84 Å². The van der Waals surface area contributed by atoms with E-state index < -0.39 is 9.84 Å². The summed E-state index contributed by atoms with van der Waals surface area (Å²) in [7, 11) is -3.51. The van der Waals surface area contributed by atoms with Crippen molar-refractivity contribution in [3.63, 3.8) is 0 Å². The summed E-state index contributed by atoms with van der Waals surface area (Å²) in [4.78, 5) is 5.45. The molecule has 0 saturated heterocycles. The number of nitrogens with zero attached hydrogens (tertiary/aromatic N) is 1. The number of hydrogen-bond donors (Lipinski definition) is 0. The minimum Gasteiger partial charge on any atom is -0.332 e. The van der Waals surface area contributed by atoms with E-state index in [1.807, 2.05) is 24.3 Å². The van der Waals surface area contributed by atoms with Crippen LogP contribution in [0.1, 0.15) is 6.42 Å². The van der Waals surface area contributed by atoms with Gasteiger partial charge in [0.05, 0.1) is 27.2 Å². The lowest BCUT2D eigenvalue weighted by molar-refractivity contribution is 0.602. The van der Waals surface area contributed by atoms with Crippen LogP contribution < -0.4 is 4.90 Å². The molecule has 1 aliphatic heterocycles. The first-order valence-corrected chi connectivity index (χ1v) is 13.0. The van der Waals surface area contributed by atoms with Gasteiger partial charge in [0.15, 0.2) is 0 Å². The van der Waals surface area contributed by atoms with Crippen LogP contribution in [0, 0.1) is 3.57 Å². The van der Waals surface area contributed by atoms with Crippen molar-refractivity contribution < 1.29 is 8.42 Å². The Morgan fingerprint density at radius 1 is 0.867 bits per heavy atom. The zero-order valence-electron chi connectivity index (χ0n) is 15.9. The van der Waals surface area contributed by atoms with Crippen molar-refractivity contribution in [2.24, 2.45) is 0 Å². The van der Waals surface area contributed by atoms with E-state index in [0.29, 0.717) is 16.2 Å². The Kier molecular flexibility index (Phi) is 5.24. The molecule has 0 aromatic heterocycles. The molecule has 0 bridgehead atoms. The Labute approximate surface area is 194 Å². The first kappa shape index (κ1) is 19.9. The fourth-order valence-electron chi connectivity index (χ4n) is 3.82. The van der Waals surface area contributed by atoms with Crippen LogP contribution in [0.15, 0.2) is 111 Å². The van der Waals surface area contributed by atoms with Crippen LogP contribution in [0.2, 0.25) is 0 Å². The number of hydrogen-bond acceptors (Lipinski definition) is 4. The molecule has 150 valence electrons. The summed E-state index contributed by atoms with van der Waals surface area (Å²) in [5, 5.41) is 0. The summed E-state index contributed by atoms with van der Waals surface area (Å²) in [5.41, 5.74) is 2.32. The first-order valence-electron chi connectivity index (χ1n) is 9.58. The fourth-order valence-corrected chi connectivity index (χ4v) is 6.59. The van der Waals surface area contributed by atoms with Gasteiger partial charge in [-0.05, 0) is 83.6 Å². The molecular weight excluding hydrogens is 525 g/mol. The Morgan fingerprint density at radius 2 is 1.47 bits per heavy atom. The predicted molar refractivity (Wildman–Crippen MR) is 131 cm³/mol. The molecule has 0 radical (unpaired) electrons. The van der Waals surface area contributed by atoms with E-state index in [9.17, 15) is 8.42 Å². The molecule has 3 aromatic carbocycles. The molecule has 2 aliphatic rings. The smallest absolute Gasteiger partial charge is 0.206 e. The average molecular weight is 543 g/mol. The lowest BCUT2D eigenvalue weighted by Crippen LogP contribution is -2.32. The molecule has 1 atom stereocenters. The molecule has 3 nitrogen and oxygen atoms in total. The number of fused-ring (bicyclic) bond motifs is 2. The van der Waals surface area contributed by atoms with Crippen molar-refractivity contribution in [2.75, 3.05) is 4.90 Å². The van der Waals surface area contributed by atoms with E-state index in [-0.39, 0.29) is 6.04 Å². The third-order valence-electron chi connectivity index (χ3n) is 5.28. The molecule has 3 aromatic rings. The largest absolute Gasteiger partial charge is 0.332 e. The number of para-hydroxylation sites is 2. The van der Waals surface area contributed by atoms with Crippen molar-refractivity contribution in [1.29, 1.82) is 0 Å². The molecule has 30 heavy (non-hydrogen) atoms. The van der Waals surface area contributed by atoms with Gasteiger partial charge in [0.1, 0.15) is 0 Å².